The van der Waals surface area contributed by atoms with E-state index in [0.29, 0.717) is 31.6 Å². The molecule has 0 spiro atoms. The van der Waals surface area contributed by atoms with E-state index in [1.54, 1.807) is 0 Å². The van der Waals surface area contributed by atoms with Crippen LogP contribution in [0.5, 0.6) is 5.88 Å². The maximum atomic E-state index is 5.67. The summed E-state index contributed by atoms with van der Waals surface area (Å²) in [6.45, 7) is 8.70. The molecule has 1 rings (SSSR count). The number of aromatic nitrogens is 1. The first-order chi connectivity index (χ1) is 8.67. The van der Waals surface area contributed by atoms with Crippen LogP contribution in [-0.4, -0.2) is 24.8 Å². The van der Waals surface area contributed by atoms with Gasteiger partial charge in [0.1, 0.15) is 6.61 Å². The largest absolute Gasteiger partial charge is 0.475 e. The predicted molar refractivity (Wildman–Crippen MR) is 72.8 cm³/mol. The normalized spacial score (nSPS) is 10.9. The molecule has 0 atom stereocenters. The number of hydrogen-bond acceptors (Lipinski definition) is 4. The monoisotopic (exact) mass is 252 g/mol. The van der Waals surface area contributed by atoms with Crippen LogP contribution in [-0.2, 0) is 11.3 Å². The van der Waals surface area contributed by atoms with Gasteiger partial charge in [-0.1, -0.05) is 20.8 Å². The van der Waals surface area contributed by atoms with Gasteiger partial charge in [-0.15, -0.1) is 0 Å². The molecule has 0 aliphatic heterocycles. The minimum Gasteiger partial charge on any atom is -0.475 e. The third-order valence-electron chi connectivity index (χ3n) is 2.53. The Morgan fingerprint density at radius 2 is 2.00 bits per heavy atom. The first-order valence-electron chi connectivity index (χ1n) is 6.58. The fourth-order valence-electron chi connectivity index (χ4n) is 1.52. The summed E-state index contributed by atoms with van der Waals surface area (Å²) in [5.41, 5.74) is 7.74. The summed E-state index contributed by atoms with van der Waals surface area (Å²) in [5, 5.41) is 0. The molecular weight excluding hydrogens is 228 g/mol. The molecule has 0 amide bonds. The second kappa shape index (κ2) is 8.06. The van der Waals surface area contributed by atoms with Crippen molar-refractivity contribution in [1.29, 1.82) is 0 Å². The zero-order valence-electron chi connectivity index (χ0n) is 11.6. The molecule has 18 heavy (non-hydrogen) atoms. The molecule has 4 nitrogen and oxygen atoms in total. The van der Waals surface area contributed by atoms with Gasteiger partial charge < -0.3 is 15.2 Å². The lowest BCUT2D eigenvalue weighted by atomic mass is 10.1. The van der Waals surface area contributed by atoms with Gasteiger partial charge >= 0.3 is 0 Å². The van der Waals surface area contributed by atoms with E-state index in [-0.39, 0.29) is 0 Å². The van der Waals surface area contributed by atoms with Crippen LogP contribution in [0.2, 0.25) is 0 Å². The van der Waals surface area contributed by atoms with E-state index in [2.05, 4.69) is 25.8 Å². The molecule has 2 N–H and O–H groups in total. The van der Waals surface area contributed by atoms with Crippen molar-refractivity contribution in [2.75, 3.05) is 19.8 Å². The van der Waals surface area contributed by atoms with Gasteiger partial charge in [0.05, 0.1) is 6.61 Å². The average Bonchev–Trinajstić information content (AvgIpc) is 2.38. The zero-order chi connectivity index (χ0) is 13.4. The van der Waals surface area contributed by atoms with Gasteiger partial charge in [0, 0.05) is 24.9 Å². The molecule has 1 aromatic rings. The maximum Gasteiger partial charge on any atom is 0.213 e. The first kappa shape index (κ1) is 14.9. The number of rotatable bonds is 8. The summed E-state index contributed by atoms with van der Waals surface area (Å²) < 4.78 is 11.0. The van der Waals surface area contributed by atoms with Crippen molar-refractivity contribution in [3.63, 3.8) is 0 Å². The average molecular weight is 252 g/mol. The minimum atomic E-state index is 0.371. The number of pyridine rings is 1. The molecule has 4 heteroatoms. The van der Waals surface area contributed by atoms with Gasteiger partial charge in [0.15, 0.2) is 0 Å². The Balaban J connectivity index is 2.56. The number of nitrogens with two attached hydrogens (primary N) is 1. The summed E-state index contributed by atoms with van der Waals surface area (Å²) in [6, 6.07) is 3.93. The van der Waals surface area contributed by atoms with Gasteiger partial charge in [0.25, 0.3) is 0 Å². The van der Waals surface area contributed by atoms with E-state index in [9.17, 15) is 0 Å². The summed E-state index contributed by atoms with van der Waals surface area (Å²) in [7, 11) is 0. The quantitative estimate of drug-likeness (QED) is 0.722. The Labute approximate surface area is 110 Å². The van der Waals surface area contributed by atoms with Crippen LogP contribution in [0.4, 0.5) is 0 Å². The highest BCUT2D eigenvalue weighted by Crippen LogP contribution is 2.18. The molecule has 0 fully saturated rings. The Morgan fingerprint density at radius 1 is 1.22 bits per heavy atom. The molecule has 0 aliphatic carbocycles. The lowest BCUT2D eigenvalue weighted by Crippen LogP contribution is -2.10. The van der Waals surface area contributed by atoms with Crippen LogP contribution in [0.25, 0.3) is 0 Å². The molecular formula is C14H24N2O2. The molecule has 0 bridgehead atoms. The van der Waals surface area contributed by atoms with E-state index in [1.807, 2.05) is 12.1 Å². The van der Waals surface area contributed by atoms with Crippen LogP contribution in [0.3, 0.4) is 0 Å². The van der Waals surface area contributed by atoms with Gasteiger partial charge in [-0.2, -0.15) is 0 Å². The topological polar surface area (TPSA) is 57.4 Å². The van der Waals surface area contributed by atoms with Crippen LogP contribution in [0.15, 0.2) is 12.1 Å². The summed E-state index contributed by atoms with van der Waals surface area (Å²) in [5.74, 6) is 1.01. The third-order valence-corrected chi connectivity index (χ3v) is 2.53. The van der Waals surface area contributed by atoms with Crippen molar-refractivity contribution >= 4 is 0 Å². The van der Waals surface area contributed by atoms with E-state index in [4.69, 9.17) is 15.2 Å². The highest BCUT2D eigenvalue weighted by molar-refractivity contribution is 5.26. The minimum absolute atomic E-state index is 0.371. The molecule has 0 aromatic carbocycles. The molecule has 0 unspecified atom stereocenters. The number of hydrogen-bond donors (Lipinski definition) is 1. The smallest absolute Gasteiger partial charge is 0.213 e. The Hall–Kier alpha value is -1.13. The first-order valence-corrected chi connectivity index (χ1v) is 6.58. The molecule has 0 saturated carbocycles. The van der Waals surface area contributed by atoms with Crippen LogP contribution < -0.4 is 10.5 Å². The standard InChI is InChI=1S/C14H24N2O2/c1-4-5-17-6-7-18-14-9-12(10-15)8-13(16-14)11(2)3/h8-9,11H,4-7,10,15H2,1-3H3. The van der Waals surface area contributed by atoms with Gasteiger partial charge in [-0.3, -0.25) is 0 Å². The van der Waals surface area contributed by atoms with E-state index in [1.165, 1.54) is 0 Å². The number of ether oxygens (including phenoxy) is 2. The Bertz CT molecular complexity index is 354. The Morgan fingerprint density at radius 3 is 2.61 bits per heavy atom. The van der Waals surface area contributed by atoms with Gasteiger partial charge in [0.2, 0.25) is 5.88 Å². The Kier molecular flexibility index (Phi) is 6.68. The molecule has 102 valence electrons. The third kappa shape index (κ3) is 5.02. The van der Waals surface area contributed by atoms with Crippen LogP contribution >= 0.6 is 0 Å². The number of nitrogens with zero attached hydrogens (tertiary/aromatic N) is 1. The zero-order valence-corrected chi connectivity index (χ0v) is 11.6. The van der Waals surface area contributed by atoms with Gasteiger partial charge in [-0.05, 0) is 24.0 Å². The maximum absolute atomic E-state index is 5.67. The second-order valence-electron chi connectivity index (χ2n) is 4.56. The van der Waals surface area contributed by atoms with Crippen LogP contribution in [0, 0.1) is 0 Å². The molecule has 0 saturated heterocycles. The molecule has 1 aromatic heterocycles. The summed E-state index contributed by atoms with van der Waals surface area (Å²) in [6.07, 6.45) is 1.03. The summed E-state index contributed by atoms with van der Waals surface area (Å²) >= 11 is 0. The lowest BCUT2D eigenvalue weighted by Gasteiger charge is -2.11. The van der Waals surface area contributed by atoms with Crippen molar-refractivity contribution in [3.8, 4) is 5.88 Å². The fraction of sp³-hybridized carbons (Fsp3) is 0.643. The predicted octanol–water partition coefficient (Wildman–Crippen LogP) is 2.47. The van der Waals surface area contributed by atoms with Crippen molar-refractivity contribution in [3.05, 3.63) is 23.4 Å². The van der Waals surface area contributed by atoms with E-state index in [0.717, 1.165) is 24.3 Å². The molecule has 0 radical (unpaired) electrons. The fourth-order valence-corrected chi connectivity index (χ4v) is 1.52. The van der Waals surface area contributed by atoms with E-state index < -0.39 is 0 Å². The van der Waals surface area contributed by atoms with Gasteiger partial charge in [-0.25, -0.2) is 4.98 Å². The summed E-state index contributed by atoms with van der Waals surface area (Å²) in [4.78, 5) is 4.47. The van der Waals surface area contributed by atoms with Crippen molar-refractivity contribution in [2.24, 2.45) is 5.73 Å². The van der Waals surface area contributed by atoms with Crippen molar-refractivity contribution in [2.45, 2.75) is 39.7 Å². The highest BCUT2D eigenvalue weighted by atomic mass is 16.5. The lowest BCUT2D eigenvalue weighted by molar-refractivity contribution is 0.0989. The van der Waals surface area contributed by atoms with Crippen molar-refractivity contribution in [1.82, 2.24) is 4.98 Å². The second-order valence-corrected chi connectivity index (χ2v) is 4.56. The van der Waals surface area contributed by atoms with Crippen molar-refractivity contribution < 1.29 is 9.47 Å². The molecule has 0 aliphatic rings. The van der Waals surface area contributed by atoms with Crippen LogP contribution in [0.1, 0.15) is 44.4 Å². The molecule has 1 heterocycles. The van der Waals surface area contributed by atoms with E-state index >= 15 is 0 Å². The highest BCUT2D eigenvalue weighted by Gasteiger charge is 2.06. The SMILES string of the molecule is CCCOCCOc1cc(CN)cc(C(C)C)n1.